The monoisotopic (exact) mass is 614 g/mol. The highest BCUT2D eigenvalue weighted by atomic mass is 32.2. The summed E-state index contributed by atoms with van der Waals surface area (Å²) in [5.41, 5.74) is 4.44. The Morgan fingerprint density at radius 1 is 1.07 bits per heavy atom. The SMILES string of the molecule is CO.COC1C[C@@H](COCC2CCCCC2)N(Cc2ccc(C(=O)NC(CCSC)C(=O)O)c(-c3ccccc3C)c2)C1. The molecule has 0 bridgehead atoms. The van der Waals surface area contributed by atoms with E-state index in [1.165, 1.54) is 32.1 Å². The number of aliphatic carboxylic acids is 1. The first kappa shape index (κ1) is 35.1. The Balaban J connectivity index is 0.00000248. The summed E-state index contributed by atoms with van der Waals surface area (Å²) in [5.74, 6) is -0.0310. The van der Waals surface area contributed by atoms with Crippen LogP contribution in [0, 0.1) is 12.8 Å². The molecule has 9 heteroatoms. The van der Waals surface area contributed by atoms with Crippen LogP contribution in [0.4, 0.5) is 0 Å². The van der Waals surface area contributed by atoms with Gasteiger partial charge in [-0.05, 0) is 84.9 Å². The second-order valence-electron chi connectivity index (χ2n) is 11.6. The zero-order valence-corrected chi connectivity index (χ0v) is 27.0. The number of carboxylic acid groups (broad SMARTS) is 1. The van der Waals surface area contributed by atoms with Crippen LogP contribution in [0.3, 0.4) is 0 Å². The van der Waals surface area contributed by atoms with Gasteiger partial charge in [0.25, 0.3) is 5.91 Å². The molecule has 2 aliphatic rings. The predicted molar refractivity (Wildman–Crippen MR) is 174 cm³/mol. The van der Waals surface area contributed by atoms with Gasteiger partial charge in [-0.15, -0.1) is 0 Å². The molecule has 1 saturated carbocycles. The average Bonchev–Trinajstić information content (AvgIpc) is 3.42. The Morgan fingerprint density at radius 2 is 1.81 bits per heavy atom. The van der Waals surface area contributed by atoms with E-state index in [-0.39, 0.29) is 18.1 Å². The number of benzene rings is 2. The number of aliphatic hydroxyl groups excluding tert-OH is 1. The van der Waals surface area contributed by atoms with E-state index in [9.17, 15) is 14.7 Å². The average molecular weight is 615 g/mol. The first-order valence-electron chi connectivity index (χ1n) is 15.4. The van der Waals surface area contributed by atoms with Crippen LogP contribution in [-0.2, 0) is 20.8 Å². The maximum Gasteiger partial charge on any atom is 0.326 e. The van der Waals surface area contributed by atoms with Gasteiger partial charge in [0.1, 0.15) is 6.04 Å². The van der Waals surface area contributed by atoms with Crippen LogP contribution in [0.5, 0.6) is 0 Å². The van der Waals surface area contributed by atoms with E-state index in [0.717, 1.165) is 55.5 Å². The fraction of sp³-hybridized carbons (Fsp3) is 0.588. The fourth-order valence-electron chi connectivity index (χ4n) is 6.15. The number of methoxy groups -OCH3 is 1. The zero-order valence-electron chi connectivity index (χ0n) is 26.2. The number of aryl methyl sites for hydroxylation is 1. The van der Waals surface area contributed by atoms with Crippen molar-refractivity contribution in [1.82, 2.24) is 10.2 Å². The summed E-state index contributed by atoms with van der Waals surface area (Å²) in [6, 6.07) is 13.3. The Morgan fingerprint density at radius 3 is 2.49 bits per heavy atom. The lowest BCUT2D eigenvalue weighted by atomic mass is 9.90. The predicted octanol–water partition coefficient (Wildman–Crippen LogP) is 5.39. The third-order valence-electron chi connectivity index (χ3n) is 8.57. The van der Waals surface area contributed by atoms with Crippen molar-refractivity contribution in [3.63, 3.8) is 0 Å². The summed E-state index contributed by atoms with van der Waals surface area (Å²) >= 11 is 1.57. The lowest BCUT2D eigenvalue weighted by Crippen LogP contribution is -2.41. The molecule has 2 unspecified atom stereocenters. The number of hydrogen-bond acceptors (Lipinski definition) is 7. The largest absolute Gasteiger partial charge is 0.480 e. The second kappa shape index (κ2) is 18.4. The Kier molecular flexibility index (Phi) is 15.0. The van der Waals surface area contributed by atoms with Gasteiger partial charge in [-0.25, -0.2) is 4.79 Å². The number of hydrogen-bond donors (Lipinski definition) is 3. The summed E-state index contributed by atoms with van der Waals surface area (Å²) in [5, 5.41) is 19.4. The highest BCUT2D eigenvalue weighted by Gasteiger charge is 2.33. The molecule has 0 radical (unpaired) electrons. The molecule has 2 aromatic rings. The molecular weight excluding hydrogens is 564 g/mol. The van der Waals surface area contributed by atoms with Crippen LogP contribution in [0.1, 0.15) is 66.4 Å². The van der Waals surface area contributed by atoms with Crippen molar-refractivity contribution in [3.05, 3.63) is 59.2 Å². The van der Waals surface area contributed by atoms with Gasteiger partial charge in [-0.1, -0.05) is 49.6 Å². The maximum absolute atomic E-state index is 13.4. The molecule has 43 heavy (non-hydrogen) atoms. The second-order valence-corrected chi connectivity index (χ2v) is 12.5. The summed E-state index contributed by atoms with van der Waals surface area (Å²) in [7, 11) is 2.78. The molecule has 1 saturated heterocycles. The standard InChI is InChI=1S/C33H46N2O5S.CH4O/c1-23-9-7-8-12-28(23)30-17-25(13-14-29(30)32(36)34-31(33(37)38)15-16-41-3)19-35-20-27(39-2)18-26(35)22-40-21-24-10-5-4-6-11-24;1-2/h7-9,12-14,17,24,26-27,31H,4-6,10-11,15-16,18-22H2,1-3H3,(H,34,36)(H,37,38);2H,1H3/t26-,27?,31?;/m0./s1. The van der Waals surface area contributed by atoms with Gasteiger partial charge in [-0.2, -0.15) is 11.8 Å². The molecular formula is C34H50N2O6S. The van der Waals surface area contributed by atoms with Crippen molar-refractivity contribution >= 4 is 23.6 Å². The van der Waals surface area contributed by atoms with Gasteiger partial charge in [0.15, 0.2) is 0 Å². The first-order chi connectivity index (χ1) is 20.9. The van der Waals surface area contributed by atoms with Crippen LogP contribution in [0.15, 0.2) is 42.5 Å². The quantitative estimate of drug-likeness (QED) is 0.260. The van der Waals surface area contributed by atoms with E-state index in [1.54, 1.807) is 18.9 Å². The molecule has 1 heterocycles. The number of ether oxygens (including phenoxy) is 2. The van der Waals surface area contributed by atoms with Crippen molar-refractivity contribution < 1.29 is 29.3 Å². The molecule has 3 N–H and O–H groups in total. The van der Waals surface area contributed by atoms with Gasteiger partial charge in [0.05, 0.1) is 12.7 Å². The summed E-state index contributed by atoms with van der Waals surface area (Å²) in [6.07, 6.45) is 9.97. The van der Waals surface area contributed by atoms with E-state index in [0.29, 0.717) is 30.3 Å². The van der Waals surface area contributed by atoms with Crippen LogP contribution in [0.25, 0.3) is 11.1 Å². The molecule has 238 valence electrons. The fourth-order valence-corrected chi connectivity index (χ4v) is 6.62. The smallest absolute Gasteiger partial charge is 0.326 e. The van der Waals surface area contributed by atoms with Gasteiger partial charge in [0, 0.05) is 45.5 Å². The third kappa shape index (κ3) is 10.3. The van der Waals surface area contributed by atoms with Gasteiger partial charge in [-0.3, -0.25) is 9.69 Å². The summed E-state index contributed by atoms with van der Waals surface area (Å²) in [6.45, 7) is 5.15. The number of carbonyl (C=O) groups excluding carboxylic acids is 1. The van der Waals surface area contributed by atoms with Crippen molar-refractivity contribution in [3.8, 4) is 11.1 Å². The minimum Gasteiger partial charge on any atom is -0.480 e. The van der Waals surface area contributed by atoms with Crippen molar-refractivity contribution in [2.75, 3.05) is 46.0 Å². The number of nitrogens with one attached hydrogen (secondary N) is 1. The molecule has 2 aromatic carbocycles. The van der Waals surface area contributed by atoms with Gasteiger partial charge < -0.3 is 25.0 Å². The highest BCUT2D eigenvalue weighted by Crippen LogP contribution is 2.31. The molecule has 1 aliphatic heterocycles. The normalized spacial score (nSPS) is 19.8. The van der Waals surface area contributed by atoms with Gasteiger partial charge >= 0.3 is 5.97 Å². The minimum absolute atomic E-state index is 0.174. The number of aliphatic hydroxyl groups is 1. The maximum atomic E-state index is 13.4. The first-order valence-corrected chi connectivity index (χ1v) is 16.8. The lowest BCUT2D eigenvalue weighted by molar-refractivity contribution is -0.139. The van der Waals surface area contributed by atoms with Crippen LogP contribution in [0.2, 0.25) is 0 Å². The Bertz CT molecular complexity index is 1160. The number of carboxylic acids is 1. The number of amides is 1. The van der Waals surface area contributed by atoms with Crippen LogP contribution >= 0.6 is 11.8 Å². The number of rotatable bonds is 14. The van der Waals surface area contributed by atoms with E-state index >= 15 is 0 Å². The molecule has 3 atom stereocenters. The number of carbonyl (C=O) groups is 2. The van der Waals surface area contributed by atoms with E-state index < -0.39 is 12.0 Å². The van der Waals surface area contributed by atoms with Crippen molar-refractivity contribution in [1.29, 1.82) is 0 Å². The molecule has 0 spiro atoms. The number of nitrogens with zero attached hydrogens (tertiary/aromatic N) is 1. The minimum atomic E-state index is -1.01. The number of thioether (sulfide) groups is 1. The molecule has 1 amide bonds. The van der Waals surface area contributed by atoms with Crippen LogP contribution < -0.4 is 5.32 Å². The Hall–Kier alpha value is -2.43. The molecule has 4 rings (SSSR count). The lowest BCUT2D eigenvalue weighted by Gasteiger charge is -2.26. The topological polar surface area (TPSA) is 108 Å². The Labute approximate surface area is 261 Å². The molecule has 1 aliphatic carbocycles. The summed E-state index contributed by atoms with van der Waals surface area (Å²) < 4.78 is 12.0. The van der Waals surface area contributed by atoms with Crippen molar-refractivity contribution in [2.45, 2.75) is 76.6 Å². The third-order valence-corrected chi connectivity index (χ3v) is 9.22. The molecule has 8 nitrogen and oxygen atoms in total. The molecule has 0 aromatic heterocycles. The summed E-state index contributed by atoms with van der Waals surface area (Å²) in [4.78, 5) is 27.7. The zero-order chi connectivity index (χ0) is 31.2. The van der Waals surface area contributed by atoms with Gasteiger partial charge in [0.2, 0.25) is 0 Å². The highest BCUT2D eigenvalue weighted by molar-refractivity contribution is 7.98. The van der Waals surface area contributed by atoms with Crippen molar-refractivity contribution in [2.24, 2.45) is 5.92 Å². The van der Waals surface area contributed by atoms with E-state index in [4.69, 9.17) is 14.6 Å². The van der Waals surface area contributed by atoms with E-state index in [2.05, 4.69) is 16.3 Å². The molecule has 2 fully saturated rings. The number of likely N-dealkylation sites (tertiary alicyclic amines) is 1. The van der Waals surface area contributed by atoms with Crippen LogP contribution in [-0.4, -0.2) is 91.2 Å². The van der Waals surface area contributed by atoms with E-state index in [1.807, 2.05) is 49.6 Å².